The first-order valence-electron chi connectivity index (χ1n) is 8.42. The van der Waals surface area contributed by atoms with E-state index in [0.717, 1.165) is 5.56 Å². The van der Waals surface area contributed by atoms with Gasteiger partial charge in [0.1, 0.15) is 5.78 Å². The summed E-state index contributed by atoms with van der Waals surface area (Å²) in [6, 6.07) is 15.1. The summed E-state index contributed by atoms with van der Waals surface area (Å²) in [7, 11) is -3.80. The van der Waals surface area contributed by atoms with Gasteiger partial charge in [0.05, 0.1) is 4.90 Å². The molecule has 2 N–H and O–H groups in total. The van der Waals surface area contributed by atoms with E-state index in [9.17, 15) is 18.0 Å². The van der Waals surface area contributed by atoms with E-state index in [1.165, 1.54) is 24.3 Å². The van der Waals surface area contributed by atoms with Crippen molar-refractivity contribution in [2.24, 2.45) is 17.0 Å². The molecular formula is C20H23NO4S. The summed E-state index contributed by atoms with van der Waals surface area (Å²) in [5.41, 5.74) is 1.37. The summed E-state index contributed by atoms with van der Waals surface area (Å²) in [5, 5.41) is 5.07. The summed E-state index contributed by atoms with van der Waals surface area (Å²) in [5.74, 6) is -0.728. The number of hydrogen-bond donors (Lipinski definition) is 1. The van der Waals surface area contributed by atoms with Gasteiger partial charge in [-0.2, -0.15) is 0 Å². The standard InChI is InChI=1S/C20H23NO4S/c1-14(2)20(23)17(12-15-6-4-3-5-7-15)13-19(22)16-8-10-18(11-9-16)26(21,24)25/h3-11,14,17H,12-13H2,1-2H3,(H2,21,24,25). The summed E-state index contributed by atoms with van der Waals surface area (Å²) in [6.07, 6.45) is 0.583. The van der Waals surface area contributed by atoms with Crippen molar-refractivity contribution in [2.45, 2.75) is 31.6 Å². The molecule has 0 saturated carbocycles. The fourth-order valence-electron chi connectivity index (χ4n) is 2.82. The molecule has 0 aliphatic heterocycles. The summed E-state index contributed by atoms with van der Waals surface area (Å²) in [4.78, 5) is 25.1. The summed E-state index contributed by atoms with van der Waals surface area (Å²) >= 11 is 0. The molecule has 0 radical (unpaired) electrons. The zero-order chi connectivity index (χ0) is 19.3. The summed E-state index contributed by atoms with van der Waals surface area (Å²) in [6.45, 7) is 3.65. The number of rotatable bonds is 8. The van der Waals surface area contributed by atoms with Crippen molar-refractivity contribution >= 4 is 21.6 Å². The number of carbonyl (C=O) groups is 2. The van der Waals surface area contributed by atoms with Crippen LogP contribution in [-0.2, 0) is 21.2 Å². The largest absolute Gasteiger partial charge is 0.299 e. The Labute approximate surface area is 154 Å². The number of ketones is 2. The minimum atomic E-state index is -3.80. The van der Waals surface area contributed by atoms with Crippen LogP contribution < -0.4 is 5.14 Å². The molecule has 0 aromatic heterocycles. The number of nitrogens with two attached hydrogens (primary N) is 1. The summed E-state index contributed by atoms with van der Waals surface area (Å²) < 4.78 is 22.6. The SMILES string of the molecule is CC(C)C(=O)C(CC(=O)c1ccc(S(N)(=O)=O)cc1)Cc1ccccc1. The number of sulfonamides is 1. The van der Waals surface area contributed by atoms with E-state index < -0.39 is 15.9 Å². The maximum absolute atomic E-state index is 12.6. The second-order valence-electron chi connectivity index (χ2n) is 6.64. The molecule has 0 heterocycles. The van der Waals surface area contributed by atoms with Crippen molar-refractivity contribution in [1.29, 1.82) is 0 Å². The van der Waals surface area contributed by atoms with Gasteiger partial charge in [-0.25, -0.2) is 13.6 Å². The first-order chi connectivity index (χ1) is 12.2. The number of hydrogen-bond acceptors (Lipinski definition) is 4. The molecule has 0 aliphatic rings. The smallest absolute Gasteiger partial charge is 0.238 e. The molecule has 0 amide bonds. The van der Waals surface area contributed by atoms with Crippen LogP contribution in [-0.4, -0.2) is 20.0 Å². The van der Waals surface area contributed by atoms with Crippen molar-refractivity contribution in [3.05, 3.63) is 65.7 Å². The topological polar surface area (TPSA) is 94.3 Å². The van der Waals surface area contributed by atoms with Crippen LogP contribution in [0, 0.1) is 11.8 Å². The van der Waals surface area contributed by atoms with Crippen LogP contribution in [0.25, 0.3) is 0 Å². The third-order valence-corrected chi connectivity index (χ3v) is 5.16. The fourth-order valence-corrected chi connectivity index (χ4v) is 3.33. The third kappa shape index (κ3) is 5.34. The Morgan fingerprint density at radius 2 is 1.54 bits per heavy atom. The van der Waals surface area contributed by atoms with Crippen LogP contribution in [0.3, 0.4) is 0 Å². The highest BCUT2D eigenvalue weighted by Gasteiger charge is 2.25. The molecule has 6 heteroatoms. The van der Waals surface area contributed by atoms with E-state index in [1.807, 2.05) is 44.2 Å². The quantitative estimate of drug-likeness (QED) is 0.720. The second kappa shape index (κ2) is 8.38. The van der Waals surface area contributed by atoms with Crippen LogP contribution in [0.5, 0.6) is 0 Å². The molecule has 1 unspecified atom stereocenters. The van der Waals surface area contributed by atoms with Gasteiger partial charge < -0.3 is 0 Å². The molecule has 0 spiro atoms. The van der Waals surface area contributed by atoms with Crippen molar-refractivity contribution in [2.75, 3.05) is 0 Å². The Morgan fingerprint density at radius 3 is 2.04 bits per heavy atom. The molecule has 2 aromatic carbocycles. The second-order valence-corrected chi connectivity index (χ2v) is 8.20. The maximum Gasteiger partial charge on any atom is 0.238 e. The molecule has 2 rings (SSSR count). The van der Waals surface area contributed by atoms with E-state index >= 15 is 0 Å². The molecule has 0 fully saturated rings. The van der Waals surface area contributed by atoms with Gasteiger partial charge in [-0.3, -0.25) is 9.59 Å². The number of primary sulfonamides is 1. The molecule has 2 aromatic rings. The monoisotopic (exact) mass is 373 g/mol. The van der Waals surface area contributed by atoms with Crippen molar-refractivity contribution in [3.8, 4) is 0 Å². The Bertz CT molecular complexity index is 872. The lowest BCUT2D eigenvalue weighted by Crippen LogP contribution is -2.25. The van der Waals surface area contributed by atoms with Gasteiger partial charge in [0.15, 0.2) is 5.78 Å². The average Bonchev–Trinajstić information content (AvgIpc) is 2.60. The Kier molecular flexibility index (Phi) is 6.45. The van der Waals surface area contributed by atoms with Crippen LogP contribution >= 0.6 is 0 Å². The van der Waals surface area contributed by atoms with Crippen LogP contribution in [0.1, 0.15) is 36.2 Å². The molecule has 0 aliphatic carbocycles. The van der Waals surface area contributed by atoms with Crippen LogP contribution in [0.4, 0.5) is 0 Å². The van der Waals surface area contributed by atoms with E-state index in [2.05, 4.69) is 0 Å². The molecule has 0 bridgehead atoms. The molecule has 26 heavy (non-hydrogen) atoms. The first-order valence-corrected chi connectivity index (χ1v) is 9.97. The van der Waals surface area contributed by atoms with Gasteiger partial charge >= 0.3 is 0 Å². The molecular weight excluding hydrogens is 350 g/mol. The third-order valence-electron chi connectivity index (χ3n) is 4.23. The number of carbonyl (C=O) groups excluding carboxylic acids is 2. The Balaban J connectivity index is 2.19. The predicted octanol–water partition coefficient (Wildman–Crippen LogP) is 2.99. The van der Waals surface area contributed by atoms with Crippen LogP contribution in [0.15, 0.2) is 59.5 Å². The van der Waals surface area contributed by atoms with E-state index in [4.69, 9.17) is 5.14 Å². The zero-order valence-corrected chi connectivity index (χ0v) is 15.7. The highest BCUT2D eigenvalue weighted by Crippen LogP contribution is 2.21. The van der Waals surface area contributed by atoms with Gasteiger partial charge in [0, 0.05) is 23.8 Å². The van der Waals surface area contributed by atoms with Gasteiger partial charge in [-0.15, -0.1) is 0 Å². The number of benzene rings is 2. The lowest BCUT2D eigenvalue weighted by molar-refractivity contribution is -0.125. The number of Topliss-reactive ketones (excluding diaryl/α,β-unsaturated/α-hetero) is 2. The molecule has 5 nitrogen and oxygen atoms in total. The lowest BCUT2D eigenvalue weighted by atomic mass is 9.85. The lowest BCUT2D eigenvalue weighted by Gasteiger charge is -2.17. The molecule has 1 atom stereocenters. The van der Waals surface area contributed by atoms with Crippen molar-refractivity contribution in [1.82, 2.24) is 0 Å². The Hall–Kier alpha value is -2.31. The van der Waals surface area contributed by atoms with Crippen LogP contribution in [0.2, 0.25) is 0 Å². The average molecular weight is 373 g/mol. The van der Waals surface area contributed by atoms with E-state index in [1.54, 1.807) is 0 Å². The zero-order valence-electron chi connectivity index (χ0n) is 14.9. The van der Waals surface area contributed by atoms with Gasteiger partial charge in [-0.05, 0) is 24.1 Å². The maximum atomic E-state index is 12.6. The highest BCUT2D eigenvalue weighted by atomic mass is 32.2. The minimum Gasteiger partial charge on any atom is -0.299 e. The predicted molar refractivity (Wildman–Crippen MR) is 100 cm³/mol. The highest BCUT2D eigenvalue weighted by molar-refractivity contribution is 7.89. The molecule has 0 saturated heterocycles. The normalized spacial score (nSPS) is 12.8. The van der Waals surface area contributed by atoms with E-state index in [0.29, 0.717) is 12.0 Å². The van der Waals surface area contributed by atoms with Gasteiger partial charge in [-0.1, -0.05) is 56.3 Å². The van der Waals surface area contributed by atoms with Gasteiger partial charge in [0.25, 0.3) is 0 Å². The fraction of sp³-hybridized carbons (Fsp3) is 0.300. The van der Waals surface area contributed by atoms with Gasteiger partial charge in [0.2, 0.25) is 10.0 Å². The molecule has 138 valence electrons. The first kappa shape index (κ1) is 20.0. The Morgan fingerprint density at radius 1 is 0.962 bits per heavy atom. The van der Waals surface area contributed by atoms with E-state index in [-0.39, 0.29) is 28.8 Å². The minimum absolute atomic E-state index is 0.0448. The van der Waals surface area contributed by atoms with Crippen molar-refractivity contribution in [3.63, 3.8) is 0 Å². The van der Waals surface area contributed by atoms with Crippen molar-refractivity contribution < 1.29 is 18.0 Å².